The topological polar surface area (TPSA) is 30.5 Å². The van der Waals surface area contributed by atoms with Gasteiger partial charge in [0.25, 0.3) is 0 Å². The van der Waals surface area contributed by atoms with E-state index in [1.165, 1.54) is 42.9 Å². The minimum atomic E-state index is 0.656. The van der Waals surface area contributed by atoms with Crippen molar-refractivity contribution in [3.63, 3.8) is 0 Å². The van der Waals surface area contributed by atoms with Crippen molar-refractivity contribution in [1.82, 2.24) is 10.2 Å². The summed E-state index contributed by atoms with van der Waals surface area (Å²) in [5.41, 5.74) is 3.80. The molecule has 0 aromatic heterocycles. The number of piperidine rings is 1. The Morgan fingerprint density at radius 3 is 2.80 bits per heavy atom. The summed E-state index contributed by atoms with van der Waals surface area (Å²) in [6.45, 7) is 7.17. The molecule has 0 amide bonds. The molecule has 0 saturated carbocycles. The summed E-state index contributed by atoms with van der Waals surface area (Å²) in [5.74, 6) is 0.883. The molecular weight excluding hydrogens is 248 g/mol. The Kier molecular flexibility index (Phi) is 3.57. The van der Waals surface area contributed by atoms with Crippen LogP contribution in [0, 0.1) is 0 Å². The van der Waals surface area contributed by atoms with Crippen LogP contribution in [0.5, 0.6) is 0 Å². The van der Waals surface area contributed by atoms with Crippen LogP contribution >= 0.6 is 0 Å². The molecule has 0 unspecified atom stereocenters. The zero-order valence-corrected chi connectivity index (χ0v) is 12.4. The van der Waals surface area contributed by atoms with Crippen LogP contribution in [0.25, 0.3) is 0 Å². The van der Waals surface area contributed by atoms with Gasteiger partial charge in [-0.3, -0.25) is 0 Å². The van der Waals surface area contributed by atoms with Crippen LogP contribution in [0.15, 0.2) is 30.6 Å². The van der Waals surface area contributed by atoms with Gasteiger partial charge in [-0.25, -0.2) is 0 Å². The predicted molar refractivity (Wildman–Crippen MR) is 85.0 cm³/mol. The maximum atomic E-state index is 3.91. The number of nitrogens with one attached hydrogen (secondary N) is 2. The molecule has 0 spiro atoms. The minimum absolute atomic E-state index is 0.656. The number of fused-ring (bicyclic) bond motifs is 1. The molecule has 0 radical (unpaired) electrons. The van der Waals surface area contributed by atoms with Crippen molar-refractivity contribution >= 4 is 11.4 Å². The zero-order valence-electron chi connectivity index (χ0n) is 12.4. The molecule has 0 aliphatic carbocycles. The van der Waals surface area contributed by atoms with Crippen molar-refractivity contribution in [3.8, 4) is 0 Å². The summed E-state index contributed by atoms with van der Waals surface area (Å²) in [5, 5.41) is 6.54. The maximum Gasteiger partial charge on any atom is 0.0959 e. The first-order valence-corrected chi connectivity index (χ1v) is 7.37. The van der Waals surface area contributed by atoms with E-state index in [1.807, 2.05) is 0 Å². The van der Waals surface area contributed by atoms with E-state index in [0.29, 0.717) is 6.04 Å². The SMILES string of the molecule is C=C1NCc2cc(N(C)C3CCN(C)CC3)ccc2N1. The molecule has 20 heavy (non-hydrogen) atoms. The average Bonchev–Trinajstić information content (AvgIpc) is 2.47. The third-order valence-corrected chi connectivity index (χ3v) is 4.51. The van der Waals surface area contributed by atoms with E-state index < -0.39 is 0 Å². The lowest BCUT2D eigenvalue weighted by molar-refractivity contribution is 0.253. The van der Waals surface area contributed by atoms with E-state index in [-0.39, 0.29) is 0 Å². The molecule has 4 nitrogen and oxygen atoms in total. The second-order valence-electron chi connectivity index (χ2n) is 5.94. The van der Waals surface area contributed by atoms with Gasteiger partial charge in [0.05, 0.1) is 5.82 Å². The van der Waals surface area contributed by atoms with Gasteiger partial charge in [-0.15, -0.1) is 0 Å². The van der Waals surface area contributed by atoms with Gasteiger partial charge in [-0.05, 0) is 56.7 Å². The quantitative estimate of drug-likeness (QED) is 0.864. The molecule has 1 fully saturated rings. The van der Waals surface area contributed by atoms with Gasteiger partial charge in [0.1, 0.15) is 0 Å². The van der Waals surface area contributed by atoms with Gasteiger partial charge in [-0.1, -0.05) is 6.58 Å². The van der Waals surface area contributed by atoms with Crippen molar-refractivity contribution in [2.24, 2.45) is 0 Å². The van der Waals surface area contributed by atoms with E-state index >= 15 is 0 Å². The fourth-order valence-corrected chi connectivity index (χ4v) is 3.07. The van der Waals surface area contributed by atoms with Crippen LogP contribution in [-0.2, 0) is 6.54 Å². The summed E-state index contributed by atoms with van der Waals surface area (Å²) >= 11 is 0. The highest BCUT2D eigenvalue weighted by atomic mass is 15.2. The first-order chi connectivity index (χ1) is 9.63. The molecule has 2 N–H and O–H groups in total. The van der Waals surface area contributed by atoms with Crippen LogP contribution in [0.4, 0.5) is 11.4 Å². The van der Waals surface area contributed by atoms with Gasteiger partial charge in [0.2, 0.25) is 0 Å². The van der Waals surface area contributed by atoms with Gasteiger partial charge in [-0.2, -0.15) is 0 Å². The largest absolute Gasteiger partial charge is 0.372 e. The van der Waals surface area contributed by atoms with Crippen LogP contribution in [0.2, 0.25) is 0 Å². The van der Waals surface area contributed by atoms with Gasteiger partial charge < -0.3 is 20.4 Å². The van der Waals surface area contributed by atoms with E-state index in [2.05, 4.69) is 59.3 Å². The summed E-state index contributed by atoms with van der Waals surface area (Å²) in [7, 11) is 4.43. The van der Waals surface area contributed by atoms with Crippen LogP contribution in [-0.4, -0.2) is 38.1 Å². The molecule has 1 aromatic carbocycles. The number of benzene rings is 1. The maximum absolute atomic E-state index is 3.91. The number of likely N-dealkylation sites (tertiary alicyclic amines) is 1. The summed E-state index contributed by atoms with van der Waals surface area (Å²) in [6.07, 6.45) is 2.49. The molecular formula is C16H24N4. The molecule has 3 rings (SSSR count). The smallest absolute Gasteiger partial charge is 0.0959 e. The molecule has 1 saturated heterocycles. The normalized spacial score (nSPS) is 20.0. The van der Waals surface area contributed by atoms with Gasteiger partial charge in [0.15, 0.2) is 0 Å². The number of hydrogen-bond donors (Lipinski definition) is 2. The molecule has 108 valence electrons. The van der Waals surface area contributed by atoms with E-state index in [0.717, 1.165) is 12.4 Å². The van der Waals surface area contributed by atoms with E-state index in [4.69, 9.17) is 0 Å². The van der Waals surface area contributed by atoms with Crippen LogP contribution in [0.3, 0.4) is 0 Å². The van der Waals surface area contributed by atoms with Crippen molar-refractivity contribution in [2.75, 3.05) is 37.4 Å². The highest BCUT2D eigenvalue weighted by Gasteiger charge is 2.21. The molecule has 2 aliphatic heterocycles. The first-order valence-electron chi connectivity index (χ1n) is 7.37. The highest BCUT2D eigenvalue weighted by Crippen LogP contribution is 2.28. The monoisotopic (exact) mass is 272 g/mol. The zero-order chi connectivity index (χ0) is 14.1. The molecule has 4 heteroatoms. The summed E-state index contributed by atoms with van der Waals surface area (Å²) in [4.78, 5) is 4.85. The van der Waals surface area contributed by atoms with Crippen LogP contribution in [0.1, 0.15) is 18.4 Å². The Morgan fingerprint density at radius 1 is 1.30 bits per heavy atom. The summed E-state index contributed by atoms with van der Waals surface area (Å²) in [6, 6.07) is 7.33. The Hall–Kier alpha value is -1.68. The van der Waals surface area contributed by atoms with Crippen molar-refractivity contribution in [1.29, 1.82) is 0 Å². The molecule has 2 aliphatic rings. The standard InChI is InChI=1S/C16H24N4/c1-12-17-11-13-10-15(4-5-16(13)18-12)20(3)14-6-8-19(2)9-7-14/h4-5,10,14,17-18H,1,6-9,11H2,2-3H3. The lowest BCUT2D eigenvalue weighted by Crippen LogP contribution is -2.42. The number of anilines is 2. The lowest BCUT2D eigenvalue weighted by atomic mass is 10.0. The number of hydrogen-bond acceptors (Lipinski definition) is 4. The first kappa shape index (κ1) is 13.3. The van der Waals surface area contributed by atoms with Crippen molar-refractivity contribution in [3.05, 3.63) is 36.2 Å². The molecule has 1 aromatic rings. The Morgan fingerprint density at radius 2 is 2.05 bits per heavy atom. The Balaban J connectivity index is 1.75. The lowest BCUT2D eigenvalue weighted by Gasteiger charge is -2.37. The third kappa shape index (κ3) is 2.61. The minimum Gasteiger partial charge on any atom is -0.372 e. The van der Waals surface area contributed by atoms with Crippen LogP contribution < -0.4 is 15.5 Å². The van der Waals surface area contributed by atoms with Gasteiger partial charge >= 0.3 is 0 Å². The van der Waals surface area contributed by atoms with E-state index in [9.17, 15) is 0 Å². The van der Waals surface area contributed by atoms with Crippen molar-refractivity contribution < 1.29 is 0 Å². The number of nitrogens with zero attached hydrogens (tertiary/aromatic N) is 2. The second-order valence-corrected chi connectivity index (χ2v) is 5.94. The molecule has 2 heterocycles. The highest BCUT2D eigenvalue weighted by molar-refractivity contribution is 5.63. The Bertz CT molecular complexity index is 503. The molecule has 0 bridgehead atoms. The predicted octanol–water partition coefficient (Wildman–Crippen LogP) is 2.20. The third-order valence-electron chi connectivity index (χ3n) is 4.51. The van der Waals surface area contributed by atoms with E-state index in [1.54, 1.807) is 0 Å². The van der Waals surface area contributed by atoms with Crippen molar-refractivity contribution in [2.45, 2.75) is 25.4 Å². The Labute approximate surface area is 121 Å². The average molecular weight is 272 g/mol. The number of rotatable bonds is 2. The van der Waals surface area contributed by atoms with Gasteiger partial charge in [0, 0.05) is 31.0 Å². The fourth-order valence-electron chi connectivity index (χ4n) is 3.07. The fraction of sp³-hybridized carbons (Fsp3) is 0.500. The molecule has 0 atom stereocenters. The summed E-state index contributed by atoms with van der Waals surface area (Å²) < 4.78 is 0. The second kappa shape index (κ2) is 5.37.